The molecule has 1 heteroatoms. The fourth-order valence-electron chi connectivity index (χ4n) is 5.31. The summed E-state index contributed by atoms with van der Waals surface area (Å²) >= 11 is 0. The number of nitrogens with zero attached hydrogens (tertiary/aromatic N) is 1. The van der Waals surface area contributed by atoms with Crippen molar-refractivity contribution in [3.8, 4) is 22.4 Å². The fourth-order valence-corrected chi connectivity index (χ4v) is 5.31. The van der Waals surface area contributed by atoms with Crippen LogP contribution in [-0.4, -0.2) is 4.98 Å². The Morgan fingerprint density at radius 2 is 1.42 bits per heavy atom. The second-order valence-electron chi connectivity index (χ2n) is 10.8. The van der Waals surface area contributed by atoms with E-state index in [2.05, 4.69) is 109 Å². The van der Waals surface area contributed by atoms with Crippen LogP contribution in [0.1, 0.15) is 62.4 Å². The minimum absolute atomic E-state index is 0.0143. The lowest BCUT2D eigenvalue weighted by atomic mass is 9.80. The largest absolute Gasteiger partial charge is 0.248 e. The first kappa shape index (κ1) is 20.0. The van der Waals surface area contributed by atoms with E-state index in [1.807, 2.05) is 0 Å². The summed E-state index contributed by atoms with van der Waals surface area (Å²) in [7, 11) is 0. The molecule has 0 unspecified atom stereocenters. The first-order valence-corrected chi connectivity index (χ1v) is 11.2. The summed E-state index contributed by atoms with van der Waals surface area (Å²) in [6.45, 7) is 15.9. The van der Waals surface area contributed by atoms with Crippen molar-refractivity contribution >= 4 is 10.9 Å². The molecular weight excluding hydrogens is 374 g/mol. The number of fused-ring (bicyclic) bond motifs is 4. The Kier molecular flexibility index (Phi) is 4.21. The van der Waals surface area contributed by atoms with Gasteiger partial charge in [0.25, 0.3) is 0 Å². The van der Waals surface area contributed by atoms with Gasteiger partial charge in [-0.05, 0) is 77.4 Å². The Balaban J connectivity index is 1.85. The zero-order valence-electron chi connectivity index (χ0n) is 19.7. The van der Waals surface area contributed by atoms with E-state index in [1.54, 1.807) is 0 Å². The van der Waals surface area contributed by atoms with Crippen molar-refractivity contribution < 1.29 is 0 Å². The molecule has 156 valence electrons. The van der Waals surface area contributed by atoms with Gasteiger partial charge in [0.1, 0.15) is 0 Å². The van der Waals surface area contributed by atoms with Crippen molar-refractivity contribution in [2.45, 2.75) is 59.3 Å². The quantitative estimate of drug-likeness (QED) is 0.311. The van der Waals surface area contributed by atoms with Crippen molar-refractivity contribution in [2.24, 2.45) is 0 Å². The second-order valence-corrected chi connectivity index (χ2v) is 10.8. The summed E-state index contributed by atoms with van der Waals surface area (Å²) in [5.74, 6) is 0. The molecule has 0 N–H and O–H groups in total. The topological polar surface area (TPSA) is 12.9 Å². The van der Waals surface area contributed by atoms with Crippen molar-refractivity contribution in [2.75, 3.05) is 0 Å². The van der Waals surface area contributed by atoms with Crippen LogP contribution in [0.15, 0.2) is 60.7 Å². The van der Waals surface area contributed by atoms with Gasteiger partial charge in [0.15, 0.2) is 0 Å². The molecule has 0 atom stereocenters. The highest BCUT2D eigenvalue weighted by atomic mass is 14.7. The second kappa shape index (κ2) is 6.53. The van der Waals surface area contributed by atoms with Gasteiger partial charge in [0.05, 0.1) is 11.2 Å². The number of hydrogen-bond donors (Lipinski definition) is 0. The Hall–Kier alpha value is -2.93. The zero-order chi connectivity index (χ0) is 22.1. The van der Waals surface area contributed by atoms with E-state index in [9.17, 15) is 0 Å². The van der Waals surface area contributed by atoms with Crippen LogP contribution in [-0.2, 0) is 10.8 Å². The van der Waals surface area contributed by atoms with Gasteiger partial charge < -0.3 is 0 Å². The third-order valence-corrected chi connectivity index (χ3v) is 6.84. The normalized spacial score (nSPS) is 14.5. The van der Waals surface area contributed by atoms with E-state index in [4.69, 9.17) is 4.98 Å². The first-order valence-electron chi connectivity index (χ1n) is 11.2. The molecule has 0 radical (unpaired) electrons. The number of aromatic nitrogens is 1. The molecule has 0 amide bonds. The average Bonchev–Trinajstić information content (AvgIpc) is 2.91. The van der Waals surface area contributed by atoms with Crippen LogP contribution in [0.25, 0.3) is 33.3 Å². The number of pyridine rings is 1. The van der Waals surface area contributed by atoms with E-state index in [0.29, 0.717) is 0 Å². The third kappa shape index (κ3) is 3.10. The summed E-state index contributed by atoms with van der Waals surface area (Å²) < 4.78 is 0. The standard InChI is InChI=1S/C30H31N/c1-18-12-19(2)14-20(13-18)27-16-25(29(3,4)5)23-15-22-21-10-8-9-11-24(21)30(6,7)26(22)17-28(23)31-27/h8-17H,1-7H3. The summed E-state index contributed by atoms with van der Waals surface area (Å²) in [5.41, 5.74) is 12.8. The Morgan fingerprint density at radius 1 is 0.742 bits per heavy atom. The van der Waals surface area contributed by atoms with Gasteiger partial charge in [-0.2, -0.15) is 0 Å². The molecule has 31 heavy (non-hydrogen) atoms. The highest BCUT2D eigenvalue weighted by Crippen LogP contribution is 2.50. The SMILES string of the molecule is Cc1cc(C)cc(-c2cc(C(C)(C)C)c3cc4c(cc3n2)C(C)(C)c2ccccc2-4)c1. The number of aryl methyl sites for hydroxylation is 2. The van der Waals surface area contributed by atoms with E-state index in [-0.39, 0.29) is 10.8 Å². The van der Waals surface area contributed by atoms with Gasteiger partial charge >= 0.3 is 0 Å². The van der Waals surface area contributed by atoms with E-state index in [1.165, 1.54) is 49.9 Å². The maximum atomic E-state index is 5.21. The Labute approximate surface area is 186 Å². The van der Waals surface area contributed by atoms with Gasteiger partial charge in [-0.1, -0.05) is 76.1 Å². The van der Waals surface area contributed by atoms with Crippen LogP contribution in [0.4, 0.5) is 0 Å². The van der Waals surface area contributed by atoms with E-state index in [0.717, 1.165) is 11.2 Å². The lowest BCUT2D eigenvalue weighted by Gasteiger charge is -2.25. The molecule has 5 rings (SSSR count). The van der Waals surface area contributed by atoms with Crippen LogP contribution in [0.3, 0.4) is 0 Å². The first-order chi connectivity index (χ1) is 14.6. The molecule has 1 nitrogen and oxygen atoms in total. The lowest BCUT2D eigenvalue weighted by molar-refractivity contribution is 0.595. The number of hydrogen-bond acceptors (Lipinski definition) is 1. The molecule has 0 fully saturated rings. The van der Waals surface area contributed by atoms with Gasteiger partial charge in [-0.15, -0.1) is 0 Å². The van der Waals surface area contributed by atoms with Gasteiger partial charge in [-0.3, -0.25) is 0 Å². The molecule has 0 aliphatic heterocycles. The molecule has 1 aromatic heterocycles. The summed E-state index contributed by atoms with van der Waals surface area (Å²) in [5, 5.41) is 1.27. The monoisotopic (exact) mass is 405 g/mol. The fraction of sp³-hybridized carbons (Fsp3) is 0.300. The highest BCUT2D eigenvalue weighted by molar-refractivity contribution is 5.95. The van der Waals surface area contributed by atoms with Crippen LogP contribution in [0, 0.1) is 13.8 Å². The van der Waals surface area contributed by atoms with E-state index >= 15 is 0 Å². The van der Waals surface area contributed by atoms with E-state index < -0.39 is 0 Å². The molecule has 0 spiro atoms. The van der Waals surface area contributed by atoms with Gasteiger partial charge in [0, 0.05) is 16.4 Å². The third-order valence-electron chi connectivity index (χ3n) is 6.84. The number of rotatable bonds is 1. The average molecular weight is 406 g/mol. The minimum atomic E-state index is -0.0143. The van der Waals surface area contributed by atoms with Crippen LogP contribution >= 0.6 is 0 Å². The molecule has 0 saturated carbocycles. The van der Waals surface area contributed by atoms with Gasteiger partial charge in [-0.25, -0.2) is 4.98 Å². The molecule has 0 saturated heterocycles. The lowest BCUT2D eigenvalue weighted by Crippen LogP contribution is -2.16. The van der Waals surface area contributed by atoms with Crippen LogP contribution in [0.2, 0.25) is 0 Å². The smallest absolute Gasteiger partial charge is 0.0716 e. The zero-order valence-corrected chi connectivity index (χ0v) is 19.7. The van der Waals surface area contributed by atoms with Crippen molar-refractivity contribution in [3.05, 3.63) is 88.5 Å². The molecule has 1 heterocycles. The molecule has 1 aliphatic rings. The van der Waals surface area contributed by atoms with Crippen molar-refractivity contribution in [1.29, 1.82) is 0 Å². The number of benzene rings is 3. The minimum Gasteiger partial charge on any atom is -0.248 e. The van der Waals surface area contributed by atoms with Crippen LogP contribution < -0.4 is 0 Å². The predicted molar refractivity (Wildman–Crippen MR) is 133 cm³/mol. The van der Waals surface area contributed by atoms with Gasteiger partial charge in [0.2, 0.25) is 0 Å². The van der Waals surface area contributed by atoms with Crippen LogP contribution in [0.5, 0.6) is 0 Å². The Bertz CT molecular complexity index is 1330. The summed E-state index contributed by atoms with van der Waals surface area (Å²) in [6, 6.07) is 22.6. The summed E-state index contributed by atoms with van der Waals surface area (Å²) in [4.78, 5) is 5.21. The Morgan fingerprint density at radius 3 is 2.10 bits per heavy atom. The van der Waals surface area contributed by atoms with Crippen molar-refractivity contribution in [1.82, 2.24) is 4.98 Å². The molecule has 3 aromatic carbocycles. The molecule has 1 aliphatic carbocycles. The maximum Gasteiger partial charge on any atom is 0.0716 e. The molecular formula is C30H31N. The highest BCUT2D eigenvalue weighted by Gasteiger charge is 2.36. The predicted octanol–water partition coefficient (Wildman–Crippen LogP) is 8.12. The summed E-state index contributed by atoms with van der Waals surface area (Å²) in [6.07, 6.45) is 0. The maximum absolute atomic E-state index is 5.21. The van der Waals surface area contributed by atoms with Crippen molar-refractivity contribution in [3.63, 3.8) is 0 Å². The molecule has 0 bridgehead atoms. The molecule has 4 aromatic rings.